The fourth-order valence-corrected chi connectivity index (χ4v) is 2.14. The molecule has 4 heteroatoms. The Morgan fingerprint density at radius 2 is 2.05 bits per heavy atom. The zero-order valence-corrected chi connectivity index (χ0v) is 11.1. The molecule has 0 aliphatic rings. The molecule has 0 saturated carbocycles. The molecular weight excluding hydrogens is 240 g/mol. The molecule has 1 aromatic carbocycles. The predicted octanol–water partition coefficient (Wildman–Crippen LogP) is 2.12. The maximum absolute atomic E-state index is 10.7. The van der Waals surface area contributed by atoms with Gasteiger partial charge in [0.05, 0.1) is 12.7 Å². The third-order valence-electron chi connectivity index (χ3n) is 3.16. The van der Waals surface area contributed by atoms with E-state index in [9.17, 15) is 5.11 Å². The summed E-state index contributed by atoms with van der Waals surface area (Å²) in [6.07, 6.45) is 3.70. The molecule has 2 aromatic rings. The largest absolute Gasteiger partial charge is 0.496 e. The molecule has 1 aromatic heterocycles. The van der Waals surface area contributed by atoms with E-state index in [1.807, 2.05) is 24.3 Å². The number of hydrogen-bond donors (Lipinski definition) is 2. The lowest BCUT2D eigenvalue weighted by Crippen LogP contribution is -2.25. The van der Waals surface area contributed by atoms with Crippen molar-refractivity contribution in [2.24, 2.45) is 0 Å². The molecule has 0 spiro atoms. The summed E-state index contributed by atoms with van der Waals surface area (Å²) in [5, 5.41) is 10.7. The third kappa shape index (κ3) is 2.85. The molecule has 4 nitrogen and oxygen atoms in total. The highest BCUT2D eigenvalue weighted by Gasteiger charge is 2.27. The number of benzene rings is 1. The van der Waals surface area contributed by atoms with Crippen LogP contribution in [-0.2, 0) is 12.0 Å². The van der Waals surface area contributed by atoms with Crippen molar-refractivity contribution in [3.8, 4) is 5.75 Å². The van der Waals surface area contributed by atoms with E-state index in [0.717, 1.165) is 11.1 Å². The van der Waals surface area contributed by atoms with Crippen molar-refractivity contribution in [2.45, 2.75) is 18.9 Å². The van der Waals surface area contributed by atoms with E-state index in [2.05, 4.69) is 4.98 Å². The summed E-state index contributed by atoms with van der Waals surface area (Å²) in [7, 11) is 1.59. The number of nitrogens with zero attached hydrogens (tertiary/aromatic N) is 1. The van der Waals surface area contributed by atoms with Gasteiger partial charge >= 0.3 is 0 Å². The molecule has 3 N–H and O–H groups in total. The molecular formula is C15H18N2O2. The van der Waals surface area contributed by atoms with Crippen molar-refractivity contribution in [3.63, 3.8) is 0 Å². The second-order valence-electron chi connectivity index (χ2n) is 4.73. The predicted molar refractivity (Wildman–Crippen MR) is 74.9 cm³/mol. The van der Waals surface area contributed by atoms with E-state index in [-0.39, 0.29) is 0 Å². The van der Waals surface area contributed by atoms with Crippen molar-refractivity contribution in [2.75, 3.05) is 12.8 Å². The Labute approximate surface area is 112 Å². The Hall–Kier alpha value is -2.07. The van der Waals surface area contributed by atoms with Gasteiger partial charge in [-0.2, -0.15) is 0 Å². The number of rotatable bonds is 4. The van der Waals surface area contributed by atoms with E-state index in [1.54, 1.807) is 32.5 Å². The zero-order valence-electron chi connectivity index (χ0n) is 11.1. The van der Waals surface area contributed by atoms with Gasteiger partial charge in [-0.15, -0.1) is 0 Å². The van der Waals surface area contributed by atoms with Gasteiger partial charge < -0.3 is 15.6 Å². The second kappa shape index (κ2) is 5.28. The van der Waals surface area contributed by atoms with Gasteiger partial charge in [-0.25, -0.2) is 0 Å². The molecule has 0 fully saturated rings. The molecule has 1 atom stereocenters. The van der Waals surface area contributed by atoms with E-state index in [0.29, 0.717) is 17.9 Å². The number of aromatic nitrogens is 1. The normalized spacial score (nSPS) is 13.8. The minimum Gasteiger partial charge on any atom is -0.496 e. The maximum atomic E-state index is 10.7. The Morgan fingerprint density at radius 1 is 1.32 bits per heavy atom. The number of methoxy groups -OCH3 is 1. The van der Waals surface area contributed by atoms with Gasteiger partial charge in [0.15, 0.2) is 0 Å². The number of aliphatic hydroxyl groups is 1. The maximum Gasteiger partial charge on any atom is 0.124 e. The molecule has 0 aliphatic heterocycles. The lowest BCUT2D eigenvalue weighted by molar-refractivity contribution is 0.0550. The van der Waals surface area contributed by atoms with E-state index in [4.69, 9.17) is 10.5 Å². The van der Waals surface area contributed by atoms with Gasteiger partial charge in [0.25, 0.3) is 0 Å². The number of nitrogen functional groups attached to an aromatic ring is 1. The number of para-hydroxylation sites is 1. The van der Waals surface area contributed by atoms with E-state index in [1.165, 1.54) is 0 Å². The Bertz CT molecular complexity index is 568. The summed E-state index contributed by atoms with van der Waals surface area (Å²) in [5.41, 5.74) is 7.01. The minimum absolute atomic E-state index is 0.382. The SMILES string of the molecule is COc1ccccc1C(C)(O)Cc1cnccc1N. The highest BCUT2D eigenvalue weighted by molar-refractivity contribution is 5.47. The molecule has 0 bridgehead atoms. The smallest absolute Gasteiger partial charge is 0.124 e. The summed E-state index contributed by atoms with van der Waals surface area (Å²) in [4.78, 5) is 4.04. The van der Waals surface area contributed by atoms with Crippen molar-refractivity contribution in [1.29, 1.82) is 0 Å². The standard InChI is InChI=1S/C15H18N2O2/c1-15(18,9-11-10-17-8-7-13(11)16)12-5-3-4-6-14(12)19-2/h3-8,10,18H,9H2,1-2H3,(H2,16,17). The van der Waals surface area contributed by atoms with Crippen molar-refractivity contribution in [1.82, 2.24) is 4.98 Å². The summed E-state index contributed by atoms with van der Waals surface area (Å²) in [6, 6.07) is 9.16. The first-order valence-corrected chi connectivity index (χ1v) is 6.09. The van der Waals surface area contributed by atoms with Crippen LogP contribution in [-0.4, -0.2) is 17.2 Å². The molecule has 0 aliphatic carbocycles. The number of hydrogen-bond acceptors (Lipinski definition) is 4. The summed E-state index contributed by atoms with van der Waals surface area (Å²) in [5.74, 6) is 0.662. The molecule has 1 heterocycles. The molecule has 100 valence electrons. The van der Waals surface area contributed by atoms with Crippen LogP contribution in [0.5, 0.6) is 5.75 Å². The van der Waals surface area contributed by atoms with Crippen molar-refractivity contribution >= 4 is 5.69 Å². The van der Waals surface area contributed by atoms with Gasteiger partial charge in [-0.1, -0.05) is 18.2 Å². The van der Waals surface area contributed by atoms with Crippen LogP contribution in [0.25, 0.3) is 0 Å². The average Bonchev–Trinajstić information content (AvgIpc) is 2.41. The first-order chi connectivity index (χ1) is 9.04. The fraction of sp³-hybridized carbons (Fsp3) is 0.267. The van der Waals surface area contributed by atoms with Crippen LogP contribution in [0, 0.1) is 0 Å². The number of pyridine rings is 1. The summed E-state index contributed by atoms with van der Waals surface area (Å²) in [6.45, 7) is 1.75. The quantitative estimate of drug-likeness (QED) is 0.881. The Morgan fingerprint density at radius 3 is 2.74 bits per heavy atom. The van der Waals surface area contributed by atoms with Crippen LogP contribution in [0.4, 0.5) is 5.69 Å². The third-order valence-corrected chi connectivity index (χ3v) is 3.16. The van der Waals surface area contributed by atoms with Gasteiger partial charge in [0.1, 0.15) is 5.75 Å². The number of nitrogens with two attached hydrogens (primary N) is 1. The minimum atomic E-state index is -1.07. The number of anilines is 1. The van der Waals surface area contributed by atoms with Gasteiger partial charge in [0, 0.05) is 30.1 Å². The van der Waals surface area contributed by atoms with Crippen LogP contribution in [0.1, 0.15) is 18.1 Å². The first kappa shape index (κ1) is 13.4. The summed E-state index contributed by atoms with van der Waals surface area (Å²) >= 11 is 0. The molecule has 1 unspecified atom stereocenters. The molecule has 2 rings (SSSR count). The fourth-order valence-electron chi connectivity index (χ4n) is 2.14. The molecule has 0 radical (unpaired) electrons. The Kier molecular flexibility index (Phi) is 3.71. The van der Waals surface area contributed by atoms with Gasteiger partial charge in [-0.05, 0) is 24.6 Å². The van der Waals surface area contributed by atoms with Crippen molar-refractivity contribution < 1.29 is 9.84 Å². The molecule has 0 saturated heterocycles. The second-order valence-corrected chi connectivity index (χ2v) is 4.73. The summed E-state index contributed by atoms with van der Waals surface area (Å²) < 4.78 is 5.29. The van der Waals surface area contributed by atoms with Gasteiger partial charge in [-0.3, -0.25) is 4.98 Å². The highest BCUT2D eigenvalue weighted by Crippen LogP contribution is 2.33. The topological polar surface area (TPSA) is 68.4 Å². The average molecular weight is 258 g/mol. The monoisotopic (exact) mass is 258 g/mol. The van der Waals surface area contributed by atoms with Crippen LogP contribution in [0.3, 0.4) is 0 Å². The van der Waals surface area contributed by atoms with Crippen LogP contribution in [0.15, 0.2) is 42.7 Å². The molecule has 19 heavy (non-hydrogen) atoms. The van der Waals surface area contributed by atoms with E-state index >= 15 is 0 Å². The van der Waals surface area contributed by atoms with Crippen molar-refractivity contribution in [3.05, 3.63) is 53.9 Å². The number of ether oxygens (including phenoxy) is 1. The highest BCUT2D eigenvalue weighted by atomic mass is 16.5. The van der Waals surface area contributed by atoms with Crippen LogP contribution >= 0.6 is 0 Å². The Balaban J connectivity index is 2.35. The van der Waals surface area contributed by atoms with Crippen LogP contribution in [0.2, 0.25) is 0 Å². The first-order valence-electron chi connectivity index (χ1n) is 6.09. The molecule has 0 amide bonds. The van der Waals surface area contributed by atoms with E-state index < -0.39 is 5.60 Å². The lowest BCUT2D eigenvalue weighted by atomic mass is 9.88. The van der Waals surface area contributed by atoms with Crippen LogP contribution < -0.4 is 10.5 Å². The van der Waals surface area contributed by atoms with Gasteiger partial charge in [0.2, 0.25) is 0 Å². The lowest BCUT2D eigenvalue weighted by Gasteiger charge is -2.26. The zero-order chi connectivity index (χ0) is 13.9.